The highest BCUT2D eigenvalue weighted by atomic mass is 35.5. The number of ether oxygens (including phenoxy) is 2. The van der Waals surface area contributed by atoms with Gasteiger partial charge < -0.3 is 9.47 Å². The van der Waals surface area contributed by atoms with Crippen molar-refractivity contribution in [3.8, 4) is 5.75 Å². The van der Waals surface area contributed by atoms with Crippen LogP contribution in [-0.2, 0) is 4.74 Å². The predicted molar refractivity (Wildman–Crippen MR) is 62.5 cm³/mol. The van der Waals surface area contributed by atoms with E-state index in [0.29, 0.717) is 24.9 Å². The first-order chi connectivity index (χ1) is 8.16. The molecule has 1 aliphatic heterocycles. The second kappa shape index (κ2) is 5.33. The van der Waals surface area contributed by atoms with Crippen LogP contribution in [0.25, 0.3) is 0 Å². The minimum absolute atomic E-state index is 0.0356. The molecule has 0 spiro atoms. The number of benzene rings is 1. The van der Waals surface area contributed by atoms with Crippen molar-refractivity contribution in [1.29, 1.82) is 0 Å². The Hall–Kier alpha value is -1.33. The fourth-order valence-electron chi connectivity index (χ4n) is 1.64. The molecule has 17 heavy (non-hydrogen) atoms. The average Bonchev–Trinajstić information content (AvgIpc) is 2.80. The van der Waals surface area contributed by atoms with Crippen LogP contribution >= 0.6 is 11.6 Å². The number of hydrogen-bond donors (Lipinski definition) is 0. The maximum atomic E-state index is 10.5. The summed E-state index contributed by atoms with van der Waals surface area (Å²) in [6.45, 7) is 1.99. The number of halogens is 1. The van der Waals surface area contributed by atoms with E-state index < -0.39 is 4.92 Å². The van der Waals surface area contributed by atoms with Gasteiger partial charge in [-0.3, -0.25) is 10.1 Å². The lowest BCUT2D eigenvalue weighted by Gasteiger charge is -2.11. The van der Waals surface area contributed by atoms with Gasteiger partial charge in [0.15, 0.2) is 0 Å². The molecule has 1 unspecified atom stereocenters. The first-order valence-corrected chi connectivity index (χ1v) is 5.69. The van der Waals surface area contributed by atoms with E-state index in [2.05, 4.69) is 0 Å². The van der Waals surface area contributed by atoms with Gasteiger partial charge in [0.1, 0.15) is 5.75 Å². The number of rotatable bonds is 4. The van der Waals surface area contributed by atoms with E-state index in [1.54, 1.807) is 0 Å². The van der Waals surface area contributed by atoms with Crippen molar-refractivity contribution in [2.24, 2.45) is 5.92 Å². The lowest BCUT2D eigenvalue weighted by molar-refractivity contribution is -0.384. The zero-order chi connectivity index (χ0) is 12.3. The molecule has 0 N–H and O–H groups in total. The molecular formula is C11H12ClNO4. The van der Waals surface area contributed by atoms with Crippen LogP contribution in [0.1, 0.15) is 6.42 Å². The number of nitro benzene ring substituents is 1. The topological polar surface area (TPSA) is 61.6 Å². The second-order valence-corrected chi connectivity index (χ2v) is 4.32. The molecule has 1 fully saturated rings. The summed E-state index contributed by atoms with van der Waals surface area (Å²) in [6, 6.07) is 4.20. The molecule has 0 bridgehead atoms. The summed E-state index contributed by atoms with van der Waals surface area (Å²) in [5.41, 5.74) is -0.0356. The van der Waals surface area contributed by atoms with Gasteiger partial charge in [0.2, 0.25) is 0 Å². The van der Waals surface area contributed by atoms with Crippen LogP contribution in [0.4, 0.5) is 5.69 Å². The number of hydrogen-bond acceptors (Lipinski definition) is 4. The van der Waals surface area contributed by atoms with Gasteiger partial charge in [-0.05, 0) is 12.5 Å². The monoisotopic (exact) mass is 257 g/mol. The number of nitro groups is 1. The summed E-state index contributed by atoms with van der Waals surface area (Å²) in [5.74, 6) is 0.852. The van der Waals surface area contributed by atoms with E-state index in [0.717, 1.165) is 13.0 Å². The van der Waals surface area contributed by atoms with E-state index >= 15 is 0 Å². The molecule has 92 valence electrons. The van der Waals surface area contributed by atoms with Crippen LogP contribution < -0.4 is 4.74 Å². The Bertz CT molecular complexity index is 418. The molecule has 1 aromatic rings. The molecule has 0 aromatic heterocycles. The molecule has 0 saturated carbocycles. The molecule has 1 aromatic carbocycles. The van der Waals surface area contributed by atoms with E-state index in [4.69, 9.17) is 21.1 Å². The normalized spacial score (nSPS) is 19.2. The van der Waals surface area contributed by atoms with Gasteiger partial charge in [0, 0.05) is 24.7 Å². The standard InChI is InChI=1S/C11H12ClNO4/c12-10-5-9(13(14)15)1-2-11(10)17-7-8-3-4-16-6-8/h1-2,5,8H,3-4,6-7H2. The Morgan fingerprint density at radius 2 is 2.41 bits per heavy atom. The molecule has 1 aliphatic rings. The number of non-ortho nitro benzene ring substituents is 1. The third-order valence-electron chi connectivity index (χ3n) is 2.62. The zero-order valence-corrected chi connectivity index (χ0v) is 9.85. The first-order valence-electron chi connectivity index (χ1n) is 5.31. The van der Waals surface area contributed by atoms with Crippen molar-refractivity contribution in [2.75, 3.05) is 19.8 Å². The summed E-state index contributed by atoms with van der Waals surface area (Å²) in [6.07, 6.45) is 0.977. The number of nitrogens with zero attached hydrogens (tertiary/aromatic N) is 1. The van der Waals surface area contributed by atoms with Gasteiger partial charge in [0.25, 0.3) is 5.69 Å². The van der Waals surface area contributed by atoms with Crippen LogP contribution in [0.3, 0.4) is 0 Å². The Labute approximate surface area is 103 Å². The molecule has 1 atom stereocenters. The third kappa shape index (κ3) is 3.08. The largest absolute Gasteiger partial charge is 0.492 e. The molecule has 1 saturated heterocycles. The Morgan fingerprint density at radius 3 is 3.00 bits per heavy atom. The molecule has 0 amide bonds. The van der Waals surface area contributed by atoms with E-state index in [1.165, 1.54) is 18.2 Å². The minimum atomic E-state index is -0.486. The van der Waals surface area contributed by atoms with Crippen LogP contribution in [-0.4, -0.2) is 24.7 Å². The van der Waals surface area contributed by atoms with Gasteiger partial charge in [-0.1, -0.05) is 11.6 Å². The molecule has 5 nitrogen and oxygen atoms in total. The van der Waals surface area contributed by atoms with Crippen molar-refractivity contribution in [2.45, 2.75) is 6.42 Å². The van der Waals surface area contributed by atoms with Crippen molar-refractivity contribution in [1.82, 2.24) is 0 Å². The fraction of sp³-hybridized carbons (Fsp3) is 0.455. The van der Waals surface area contributed by atoms with E-state index in [-0.39, 0.29) is 10.7 Å². The van der Waals surface area contributed by atoms with E-state index in [9.17, 15) is 10.1 Å². The fourth-order valence-corrected chi connectivity index (χ4v) is 1.87. The highest BCUT2D eigenvalue weighted by Crippen LogP contribution is 2.29. The first kappa shape index (κ1) is 12.1. The molecule has 1 heterocycles. The van der Waals surface area contributed by atoms with Gasteiger partial charge in [-0.2, -0.15) is 0 Å². The summed E-state index contributed by atoms with van der Waals surface area (Å²) in [4.78, 5) is 10.0. The summed E-state index contributed by atoms with van der Waals surface area (Å²) >= 11 is 5.90. The van der Waals surface area contributed by atoms with Crippen LogP contribution in [0.5, 0.6) is 5.75 Å². The van der Waals surface area contributed by atoms with Gasteiger partial charge in [-0.15, -0.1) is 0 Å². The highest BCUT2D eigenvalue weighted by Gasteiger charge is 2.17. The van der Waals surface area contributed by atoms with Gasteiger partial charge >= 0.3 is 0 Å². The van der Waals surface area contributed by atoms with Crippen molar-refractivity contribution >= 4 is 17.3 Å². The molecule has 0 radical (unpaired) electrons. The maximum absolute atomic E-state index is 10.5. The Kier molecular flexibility index (Phi) is 3.81. The van der Waals surface area contributed by atoms with Crippen molar-refractivity contribution < 1.29 is 14.4 Å². The highest BCUT2D eigenvalue weighted by molar-refractivity contribution is 6.32. The van der Waals surface area contributed by atoms with Crippen LogP contribution in [0.15, 0.2) is 18.2 Å². The van der Waals surface area contributed by atoms with Crippen molar-refractivity contribution in [3.63, 3.8) is 0 Å². The average molecular weight is 258 g/mol. The predicted octanol–water partition coefficient (Wildman–Crippen LogP) is 2.66. The Balaban J connectivity index is 1.98. The zero-order valence-electron chi connectivity index (χ0n) is 9.10. The summed E-state index contributed by atoms with van der Waals surface area (Å²) in [7, 11) is 0. The Morgan fingerprint density at radius 1 is 1.59 bits per heavy atom. The molecule has 0 aliphatic carbocycles. The molecular weight excluding hydrogens is 246 g/mol. The SMILES string of the molecule is O=[N+]([O-])c1ccc(OCC2CCOC2)c(Cl)c1. The van der Waals surface area contributed by atoms with Gasteiger partial charge in [0.05, 0.1) is 23.2 Å². The molecule has 6 heteroatoms. The summed E-state index contributed by atoms with van der Waals surface area (Å²) in [5, 5.41) is 10.8. The van der Waals surface area contributed by atoms with Crippen molar-refractivity contribution in [3.05, 3.63) is 33.3 Å². The lowest BCUT2D eigenvalue weighted by atomic mass is 10.1. The van der Waals surface area contributed by atoms with Crippen LogP contribution in [0, 0.1) is 16.0 Å². The summed E-state index contributed by atoms with van der Waals surface area (Å²) < 4.78 is 10.7. The minimum Gasteiger partial charge on any atom is -0.492 e. The molecule has 2 rings (SSSR count). The quantitative estimate of drug-likeness (QED) is 0.615. The van der Waals surface area contributed by atoms with Crippen LogP contribution in [0.2, 0.25) is 5.02 Å². The second-order valence-electron chi connectivity index (χ2n) is 3.91. The third-order valence-corrected chi connectivity index (χ3v) is 2.92. The smallest absolute Gasteiger partial charge is 0.271 e. The lowest BCUT2D eigenvalue weighted by Crippen LogP contribution is -2.11. The van der Waals surface area contributed by atoms with E-state index in [1.807, 2.05) is 0 Å². The maximum Gasteiger partial charge on any atom is 0.271 e. The van der Waals surface area contributed by atoms with Gasteiger partial charge in [-0.25, -0.2) is 0 Å².